The van der Waals surface area contributed by atoms with Crippen LogP contribution in [0.4, 0.5) is 21.6 Å². The molecule has 8 nitrogen and oxygen atoms in total. The summed E-state index contributed by atoms with van der Waals surface area (Å²) in [5.74, 6) is -2.04. The van der Waals surface area contributed by atoms with Crippen LogP contribution >= 0.6 is 0 Å². The minimum Gasteiger partial charge on any atom is -0.311 e. The van der Waals surface area contributed by atoms with Crippen LogP contribution in [-0.2, 0) is 9.59 Å². The molecule has 4 rings (SSSR count). The van der Waals surface area contributed by atoms with Crippen LogP contribution in [-0.4, -0.2) is 28.3 Å². The number of rotatable bonds is 5. The lowest BCUT2D eigenvalue weighted by molar-refractivity contribution is -0.387. The van der Waals surface area contributed by atoms with Gasteiger partial charge < -0.3 is 10.2 Å². The van der Waals surface area contributed by atoms with Gasteiger partial charge in [-0.3, -0.25) is 19.7 Å². The van der Waals surface area contributed by atoms with Gasteiger partial charge in [0.15, 0.2) is 0 Å². The van der Waals surface area contributed by atoms with Gasteiger partial charge in [-0.2, -0.15) is 4.39 Å². The second-order valence-electron chi connectivity index (χ2n) is 7.09. The Kier molecular flexibility index (Phi) is 5.40. The second kappa shape index (κ2) is 8.31. The van der Waals surface area contributed by atoms with Crippen LogP contribution in [0.15, 0.2) is 66.9 Å². The Morgan fingerprint density at radius 1 is 1.13 bits per heavy atom. The fourth-order valence-electron chi connectivity index (χ4n) is 3.44. The number of nitrogens with one attached hydrogen (secondary N) is 1. The second-order valence-corrected chi connectivity index (χ2v) is 7.09. The molecule has 31 heavy (non-hydrogen) atoms. The van der Waals surface area contributed by atoms with Gasteiger partial charge in [0.25, 0.3) is 0 Å². The van der Waals surface area contributed by atoms with Crippen molar-refractivity contribution in [3.8, 4) is 11.1 Å². The number of hydrogen-bond acceptors (Lipinski definition) is 5. The molecule has 0 aliphatic carbocycles. The number of benzene rings is 2. The molecule has 1 N–H and O–H groups in total. The normalized spacial score (nSPS) is 15.7. The molecule has 0 radical (unpaired) electrons. The molecule has 0 saturated carbocycles. The average Bonchev–Trinajstić information content (AvgIpc) is 3.17. The van der Waals surface area contributed by atoms with E-state index in [1.54, 1.807) is 12.3 Å². The number of hydrogen-bond donors (Lipinski definition) is 1. The highest BCUT2D eigenvalue weighted by molar-refractivity contribution is 6.03. The van der Waals surface area contributed by atoms with Crippen LogP contribution in [0.25, 0.3) is 11.1 Å². The standard InChI is InChI=1S/C22H17FN4O4/c23-18-8-7-17(11-19(18)27(30)31)26-13-16(10-21(26)28)22(29)25-20-9-6-15(12-24-20)14-4-2-1-3-5-14/h1-9,11-12,16H,10,13H2,(H,24,25,29). The lowest BCUT2D eigenvalue weighted by Crippen LogP contribution is -2.28. The van der Waals surface area contributed by atoms with Gasteiger partial charge >= 0.3 is 5.69 Å². The Hall–Kier alpha value is -4.14. The van der Waals surface area contributed by atoms with Crippen molar-refractivity contribution in [1.29, 1.82) is 0 Å². The largest absolute Gasteiger partial charge is 0.311 e. The van der Waals surface area contributed by atoms with E-state index < -0.39 is 22.3 Å². The molecule has 1 aliphatic rings. The Balaban J connectivity index is 1.44. The number of anilines is 2. The molecule has 0 bridgehead atoms. The monoisotopic (exact) mass is 420 g/mol. The Morgan fingerprint density at radius 2 is 1.90 bits per heavy atom. The maximum absolute atomic E-state index is 13.6. The fourth-order valence-corrected chi connectivity index (χ4v) is 3.44. The molecular weight excluding hydrogens is 403 g/mol. The topological polar surface area (TPSA) is 105 Å². The first-order valence-electron chi connectivity index (χ1n) is 9.49. The van der Waals surface area contributed by atoms with Gasteiger partial charge in [-0.1, -0.05) is 30.3 Å². The summed E-state index contributed by atoms with van der Waals surface area (Å²) in [6, 6.07) is 16.4. The van der Waals surface area contributed by atoms with Gasteiger partial charge in [0.05, 0.1) is 16.5 Å². The molecule has 2 amide bonds. The molecular formula is C22H17FN4O4. The van der Waals surface area contributed by atoms with Gasteiger partial charge in [0, 0.05) is 30.8 Å². The van der Waals surface area contributed by atoms with Crippen LogP contribution in [0.3, 0.4) is 0 Å². The molecule has 2 aromatic carbocycles. The number of aromatic nitrogens is 1. The van der Waals surface area contributed by atoms with E-state index in [0.29, 0.717) is 5.82 Å². The van der Waals surface area contributed by atoms with E-state index in [-0.39, 0.29) is 30.5 Å². The summed E-state index contributed by atoms with van der Waals surface area (Å²) in [7, 11) is 0. The number of amides is 2. The highest BCUT2D eigenvalue weighted by atomic mass is 19.1. The van der Waals surface area contributed by atoms with Gasteiger partial charge in [0.1, 0.15) is 5.82 Å². The maximum Gasteiger partial charge on any atom is 0.306 e. The highest BCUT2D eigenvalue weighted by Gasteiger charge is 2.36. The molecule has 1 fully saturated rings. The SMILES string of the molecule is O=C(Nc1ccc(-c2ccccc2)cn1)C1CC(=O)N(c2ccc(F)c([N+](=O)[O-])c2)C1. The van der Waals surface area contributed by atoms with Crippen molar-refractivity contribution in [2.75, 3.05) is 16.8 Å². The summed E-state index contributed by atoms with van der Waals surface area (Å²) in [5.41, 5.74) is 1.36. The molecule has 1 unspecified atom stereocenters. The first kappa shape index (κ1) is 20.1. The first-order chi connectivity index (χ1) is 14.9. The molecule has 1 aromatic heterocycles. The summed E-state index contributed by atoms with van der Waals surface area (Å²) >= 11 is 0. The van der Waals surface area contributed by atoms with Crippen LogP contribution in [0.1, 0.15) is 6.42 Å². The van der Waals surface area contributed by atoms with Crippen LogP contribution in [0.5, 0.6) is 0 Å². The number of pyridine rings is 1. The minimum absolute atomic E-state index is 0.0373. The van der Waals surface area contributed by atoms with E-state index in [9.17, 15) is 24.1 Å². The molecule has 0 spiro atoms. The predicted molar refractivity (Wildman–Crippen MR) is 112 cm³/mol. The van der Waals surface area contributed by atoms with Crippen molar-refractivity contribution < 1.29 is 18.9 Å². The zero-order chi connectivity index (χ0) is 22.0. The Labute approximate surface area is 176 Å². The van der Waals surface area contributed by atoms with Crippen molar-refractivity contribution in [1.82, 2.24) is 4.98 Å². The molecule has 2 heterocycles. The minimum atomic E-state index is -0.986. The third-order valence-electron chi connectivity index (χ3n) is 5.06. The summed E-state index contributed by atoms with van der Waals surface area (Å²) < 4.78 is 13.6. The van der Waals surface area contributed by atoms with E-state index >= 15 is 0 Å². The van der Waals surface area contributed by atoms with Gasteiger partial charge in [-0.15, -0.1) is 0 Å². The summed E-state index contributed by atoms with van der Waals surface area (Å²) in [6.07, 6.45) is 1.59. The molecule has 156 valence electrons. The lowest BCUT2D eigenvalue weighted by Gasteiger charge is -2.16. The number of nitro groups is 1. The van der Waals surface area contributed by atoms with Crippen LogP contribution in [0, 0.1) is 21.8 Å². The zero-order valence-electron chi connectivity index (χ0n) is 16.2. The number of carbonyl (C=O) groups excluding carboxylic acids is 2. The van der Waals surface area contributed by atoms with Crippen molar-refractivity contribution >= 4 is 29.0 Å². The number of nitrogens with zero attached hydrogens (tertiary/aromatic N) is 3. The quantitative estimate of drug-likeness (QED) is 0.499. The molecule has 3 aromatic rings. The number of carbonyl (C=O) groups is 2. The van der Waals surface area contributed by atoms with Crippen LogP contribution in [0.2, 0.25) is 0 Å². The summed E-state index contributed by atoms with van der Waals surface area (Å²) in [6.45, 7) is 0.0373. The van der Waals surface area contributed by atoms with E-state index in [0.717, 1.165) is 23.3 Å². The average molecular weight is 420 g/mol. The van der Waals surface area contributed by atoms with Crippen molar-refractivity contribution in [3.05, 3.63) is 82.8 Å². The summed E-state index contributed by atoms with van der Waals surface area (Å²) in [4.78, 5) is 40.6. The van der Waals surface area contributed by atoms with Gasteiger partial charge in [-0.25, -0.2) is 4.98 Å². The maximum atomic E-state index is 13.6. The van der Waals surface area contributed by atoms with Crippen LogP contribution < -0.4 is 10.2 Å². The lowest BCUT2D eigenvalue weighted by atomic mass is 10.1. The third-order valence-corrected chi connectivity index (χ3v) is 5.06. The van der Waals surface area contributed by atoms with E-state index in [4.69, 9.17) is 0 Å². The predicted octanol–water partition coefficient (Wildman–Crippen LogP) is 3.79. The van der Waals surface area contributed by atoms with E-state index in [1.807, 2.05) is 36.4 Å². The van der Waals surface area contributed by atoms with Gasteiger partial charge in [0.2, 0.25) is 17.6 Å². The summed E-state index contributed by atoms with van der Waals surface area (Å²) in [5, 5.41) is 13.6. The molecule has 1 atom stereocenters. The zero-order valence-corrected chi connectivity index (χ0v) is 16.2. The third kappa shape index (κ3) is 4.25. The van der Waals surface area contributed by atoms with E-state index in [1.165, 1.54) is 11.0 Å². The number of halogens is 1. The van der Waals surface area contributed by atoms with Crippen molar-refractivity contribution in [2.45, 2.75) is 6.42 Å². The molecule has 1 saturated heterocycles. The van der Waals surface area contributed by atoms with Gasteiger partial charge in [-0.05, 0) is 29.8 Å². The van der Waals surface area contributed by atoms with Crippen molar-refractivity contribution in [3.63, 3.8) is 0 Å². The van der Waals surface area contributed by atoms with Crippen molar-refractivity contribution in [2.24, 2.45) is 5.92 Å². The highest BCUT2D eigenvalue weighted by Crippen LogP contribution is 2.30. The van der Waals surface area contributed by atoms with E-state index in [2.05, 4.69) is 10.3 Å². The Bertz CT molecular complexity index is 1150. The number of nitro benzene ring substituents is 1. The molecule has 1 aliphatic heterocycles. The fraction of sp³-hybridized carbons (Fsp3) is 0.136. The molecule has 9 heteroatoms. The smallest absolute Gasteiger partial charge is 0.306 e. The first-order valence-corrected chi connectivity index (χ1v) is 9.49. The Morgan fingerprint density at radius 3 is 2.58 bits per heavy atom.